The van der Waals surface area contributed by atoms with Gasteiger partial charge in [0.25, 0.3) is 0 Å². The van der Waals surface area contributed by atoms with E-state index in [1.54, 1.807) is 0 Å². The van der Waals surface area contributed by atoms with Gasteiger partial charge >= 0.3 is 0 Å². The summed E-state index contributed by atoms with van der Waals surface area (Å²) in [6, 6.07) is 9.81. The molecule has 2 nitrogen and oxygen atoms in total. The molecular weight excluding hydrogens is 360 g/mol. The summed E-state index contributed by atoms with van der Waals surface area (Å²) >= 11 is 10.9. The SMILES string of the molecule is CCCOc1ccc(CBr)c(OCc2ccc(Cl)s2)c1. The molecule has 1 aromatic carbocycles. The number of hydrogen-bond donors (Lipinski definition) is 0. The lowest BCUT2D eigenvalue weighted by atomic mass is 10.2. The second kappa shape index (κ2) is 7.91. The van der Waals surface area contributed by atoms with Crippen LogP contribution >= 0.6 is 38.9 Å². The minimum Gasteiger partial charge on any atom is -0.493 e. The molecule has 108 valence electrons. The molecule has 5 heteroatoms. The van der Waals surface area contributed by atoms with E-state index in [9.17, 15) is 0 Å². The van der Waals surface area contributed by atoms with Crippen molar-refractivity contribution in [3.63, 3.8) is 0 Å². The number of thiophene rings is 1. The zero-order chi connectivity index (χ0) is 14.4. The molecule has 0 saturated heterocycles. The van der Waals surface area contributed by atoms with E-state index in [0.717, 1.165) is 38.0 Å². The Morgan fingerprint density at radius 3 is 2.70 bits per heavy atom. The molecule has 0 aliphatic heterocycles. The van der Waals surface area contributed by atoms with Gasteiger partial charge in [0.15, 0.2) is 0 Å². The van der Waals surface area contributed by atoms with Crippen LogP contribution in [0, 0.1) is 0 Å². The van der Waals surface area contributed by atoms with Gasteiger partial charge in [-0.3, -0.25) is 0 Å². The van der Waals surface area contributed by atoms with Crippen molar-refractivity contribution in [1.82, 2.24) is 0 Å². The first-order chi connectivity index (χ1) is 9.72. The van der Waals surface area contributed by atoms with Crippen molar-refractivity contribution < 1.29 is 9.47 Å². The van der Waals surface area contributed by atoms with Crippen molar-refractivity contribution in [2.24, 2.45) is 0 Å². The largest absolute Gasteiger partial charge is 0.493 e. The number of hydrogen-bond acceptors (Lipinski definition) is 3. The zero-order valence-corrected chi connectivity index (χ0v) is 14.4. The van der Waals surface area contributed by atoms with Crippen LogP contribution in [0.25, 0.3) is 0 Å². The highest BCUT2D eigenvalue weighted by atomic mass is 79.9. The second-order valence-electron chi connectivity index (χ2n) is 4.25. The van der Waals surface area contributed by atoms with E-state index in [1.807, 2.05) is 30.3 Å². The van der Waals surface area contributed by atoms with E-state index in [0.29, 0.717) is 13.2 Å². The van der Waals surface area contributed by atoms with Crippen molar-refractivity contribution in [1.29, 1.82) is 0 Å². The van der Waals surface area contributed by atoms with Crippen molar-refractivity contribution in [3.8, 4) is 11.5 Å². The first-order valence-electron chi connectivity index (χ1n) is 6.41. The predicted octanol–water partition coefficient (Wildman–Crippen LogP) is 5.66. The minimum absolute atomic E-state index is 0.522. The summed E-state index contributed by atoms with van der Waals surface area (Å²) < 4.78 is 12.3. The Balaban J connectivity index is 2.07. The third-order valence-electron chi connectivity index (χ3n) is 2.65. The molecule has 20 heavy (non-hydrogen) atoms. The number of ether oxygens (including phenoxy) is 2. The summed E-state index contributed by atoms with van der Waals surface area (Å²) in [7, 11) is 0. The number of halogens is 2. The summed E-state index contributed by atoms with van der Waals surface area (Å²) in [6.45, 7) is 3.33. The molecule has 0 radical (unpaired) electrons. The summed E-state index contributed by atoms with van der Waals surface area (Å²) in [4.78, 5) is 1.11. The Bertz CT molecular complexity index is 557. The van der Waals surface area contributed by atoms with Crippen molar-refractivity contribution in [3.05, 3.63) is 45.1 Å². The molecule has 0 unspecified atom stereocenters. The van der Waals surface area contributed by atoms with Crippen LogP contribution in [0.4, 0.5) is 0 Å². The van der Waals surface area contributed by atoms with Crippen LogP contribution in [-0.4, -0.2) is 6.61 Å². The molecule has 0 bridgehead atoms. The van der Waals surface area contributed by atoms with Crippen LogP contribution in [0.2, 0.25) is 4.34 Å². The van der Waals surface area contributed by atoms with E-state index in [2.05, 4.69) is 22.9 Å². The Hall–Kier alpha value is -0.710. The van der Waals surface area contributed by atoms with Crippen molar-refractivity contribution >= 4 is 38.9 Å². The summed E-state index contributed by atoms with van der Waals surface area (Å²) in [6.07, 6.45) is 0.990. The Morgan fingerprint density at radius 1 is 1.20 bits per heavy atom. The molecule has 0 aliphatic rings. The van der Waals surface area contributed by atoms with E-state index >= 15 is 0 Å². The van der Waals surface area contributed by atoms with E-state index in [-0.39, 0.29) is 0 Å². The lowest BCUT2D eigenvalue weighted by Gasteiger charge is -2.12. The number of rotatable bonds is 7. The van der Waals surface area contributed by atoms with Crippen LogP contribution in [0.5, 0.6) is 11.5 Å². The summed E-state index contributed by atoms with van der Waals surface area (Å²) in [5.41, 5.74) is 1.11. The monoisotopic (exact) mass is 374 g/mol. The third kappa shape index (κ3) is 4.40. The standard InChI is InChI=1S/C15H16BrClO2S/c1-2-7-18-12-4-3-11(9-16)14(8-12)19-10-13-5-6-15(17)20-13/h3-6,8H,2,7,9-10H2,1H3. The fourth-order valence-corrected chi connectivity index (χ4v) is 3.13. The van der Waals surface area contributed by atoms with Gasteiger partial charge in [-0.05, 0) is 24.6 Å². The van der Waals surface area contributed by atoms with Crippen molar-refractivity contribution in [2.75, 3.05) is 6.61 Å². The van der Waals surface area contributed by atoms with Gasteiger partial charge in [-0.1, -0.05) is 40.5 Å². The van der Waals surface area contributed by atoms with Gasteiger partial charge in [0.2, 0.25) is 0 Å². The van der Waals surface area contributed by atoms with Gasteiger partial charge in [-0.2, -0.15) is 0 Å². The normalized spacial score (nSPS) is 10.6. The van der Waals surface area contributed by atoms with Crippen LogP contribution in [-0.2, 0) is 11.9 Å². The molecule has 0 fully saturated rings. The van der Waals surface area contributed by atoms with E-state index in [4.69, 9.17) is 21.1 Å². The van der Waals surface area contributed by atoms with Crippen LogP contribution in [0.1, 0.15) is 23.8 Å². The average Bonchev–Trinajstić information content (AvgIpc) is 2.88. The fourth-order valence-electron chi connectivity index (χ4n) is 1.67. The highest BCUT2D eigenvalue weighted by molar-refractivity contribution is 9.08. The maximum atomic E-state index is 5.92. The third-order valence-corrected chi connectivity index (χ3v) is 4.46. The molecule has 0 aliphatic carbocycles. The quantitative estimate of drug-likeness (QED) is 0.581. The fraction of sp³-hybridized carbons (Fsp3) is 0.333. The first-order valence-corrected chi connectivity index (χ1v) is 8.73. The number of benzene rings is 1. The van der Waals surface area contributed by atoms with Crippen LogP contribution in [0.3, 0.4) is 0 Å². The minimum atomic E-state index is 0.522. The Kier molecular flexibility index (Phi) is 6.20. The average molecular weight is 376 g/mol. The zero-order valence-electron chi connectivity index (χ0n) is 11.2. The van der Waals surface area contributed by atoms with Crippen LogP contribution < -0.4 is 9.47 Å². The van der Waals surface area contributed by atoms with Gasteiger partial charge in [0.05, 0.1) is 10.9 Å². The smallest absolute Gasteiger partial charge is 0.127 e. The molecule has 1 aromatic heterocycles. The molecule has 0 amide bonds. The highest BCUT2D eigenvalue weighted by Gasteiger charge is 2.07. The lowest BCUT2D eigenvalue weighted by molar-refractivity contribution is 0.295. The van der Waals surface area contributed by atoms with Crippen LogP contribution in [0.15, 0.2) is 30.3 Å². The second-order valence-corrected chi connectivity index (χ2v) is 6.61. The molecule has 2 rings (SSSR count). The van der Waals surface area contributed by atoms with E-state index in [1.165, 1.54) is 11.3 Å². The molecule has 0 saturated carbocycles. The number of alkyl halides is 1. The maximum absolute atomic E-state index is 5.92. The van der Waals surface area contributed by atoms with Gasteiger partial charge < -0.3 is 9.47 Å². The summed E-state index contributed by atoms with van der Waals surface area (Å²) in [5, 5.41) is 0.752. The van der Waals surface area contributed by atoms with E-state index < -0.39 is 0 Å². The molecular formula is C15H16BrClO2S. The Morgan fingerprint density at radius 2 is 2.05 bits per heavy atom. The van der Waals surface area contributed by atoms with Gasteiger partial charge in [-0.25, -0.2) is 0 Å². The molecule has 2 aromatic rings. The van der Waals surface area contributed by atoms with Crippen molar-refractivity contribution in [2.45, 2.75) is 25.3 Å². The van der Waals surface area contributed by atoms with Gasteiger partial charge in [-0.15, -0.1) is 11.3 Å². The molecule has 1 heterocycles. The van der Waals surface area contributed by atoms with Gasteiger partial charge in [0, 0.05) is 21.8 Å². The lowest BCUT2D eigenvalue weighted by Crippen LogP contribution is -1.99. The first kappa shape index (κ1) is 15.7. The molecule has 0 spiro atoms. The molecule has 0 N–H and O–H groups in total. The molecule has 0 atom stereocenters. The summed E-state index contributed by atoms with van der Waals surface area (Å²) in [5.74, 6) is 1.69. The maximum Gasteiger partial charge on any atom is 0.127 e. The topological polar surface area (TPSA) is 18.5 Å². The van der Waals surface area contributed by atoms with Gasteiger partial charge in [0.1, 0.15) is 18.1 Å². The highest BCUT2D eigenvalue weighted by Crippen LogP contribution is 2.29. The predicted molar refractivity (Wildman–Crippen MR) is 88.5 cm³/mol. The Labute approximate surface area is 136 Å².